The van der Waals surface area contributed by atoms with Gasteiger partial charge in [0.1, 0.15) is 5.84 Å². The lowest BCUT2D eigenvalue weighted by molar-refractivity contribution is 0.399. The fraction of sp³-hybridized carbons (Fsp3) is 0.476. The molecule has 0 saturated carbocycles. The highest BCUT2D eigenvalue weighted by atomic mass is 32.1. The molecule has 0 aliphatic carbocycles. The number of fused-ring (bicyclic) bond motifs is 1. The number of rotatable bonds is 6. The molecule has 2 N–H and O–H groups in total. The number of aryl methyl sites for hydroxylation is 1. The molecule has 4 nitrogen and oxygen atoms in total. The van der Waals surface area contributed by atoms with Crippen LogP contribution in [0.5, 0.6) is 0 Å². The quantitative estimate of drug-likeness (QED) is 0.599. The number of amidine groups is 1. The Balaban J connectivity index is 0.00000117. The summed E-state index contributed by atoms with van der Waals surface area (Å²) in [5.74, 6) is 0.601. The lowest BCUT2D eigenvalue weighted by Crippen LogP contribution is -2.31. The number of thiophene rings is 1. The lowest BCUT2D eigenvalue weighted by atomic mass is 10.0. The van der Waals surface area contributed by atoms with E-state index in [9.17, 15) is 0 Å². The average molecular weight is 373 g/mol. The molecule has 0 atom stereocenters. The summed E-state index contributed by atoms with van der Waals surface area (Å²) in [6, 6.07) is 10.5. The van der Waals surface area contributed by atoms with E-state index in [1.807, 2.05) is 31.4 Å². The molecule has 1 aliphatic rings. The van der Waals surface area contributed by atoms with Gasteiger partial charge in [-0.1, -0.05) is 19.9 Å². The summed E-state index contributed by atoms with van der Waals surface area (Å²) in [6.07, 6.45) is 3.53. The number of anilines is 1. The van der Waals surface area contributed by atoms with E-state index in [2.05, 4.69) is 47.1 Å². The molecule has 1 aromatic heterocycles. The predicted octanol–water partition coefficient (Wildman–Crippen LogP) is 4.52. The van der Waals surface area contributed by atoms with Crippen LogP contribution in [-0.2, 0) is 6.42 Å². The highest BCUT2D eigenvalue weighted by Gasteiger charge is 2.17. The van der Waals surface area contributed by atoms with Crippen LogP contribution >= 0.6 is 11.3 Å². The third kappa shape index (κ3) is 5.58. The van der Waals surface area contributed by atoms with Crippen molar-refractivity contribution in [3.05, 3.63) is 46.2 Å². The Labute approximate surface area is 162 Å². The molecule has 0 bridgehead atoms. The van der Waals surface area contributed by atoms with Gasteiger partial charge in [-0.05, 0) is 75.1 Å². The number of benzene rings is 1. The van der Waals surface area contributed by atoms with E-state index in [4.69, 9.17) is 5.73 Å². The Kier molecular flexibility index (Phi) is 8.13. The summed E-state index contributed by atoms with van der Waals surface area (Å²) in [6.45, 7) is 7.40. The van der Waals surface area contributed by atoms with Crippen molar-refractivity contribution in [2.45, 2.75) is 33.1 Å². The van der Waals surface area contributed by atoms with Gasteiger partial charge in [0, 0.05) is 18.8 Å². The van der Waals surface area contributed by atoms with E-state index in [1.165, 1.54) is 24.1 Å². The second-order valence-electron chi connectivity index (χ2n) is 6.53. The van der Waals surface area contributed by atoms with Crippen molar-refractivity contribution in [2.24, 2.45) is 10.7 Å². The smallest absolute Gasteiger partial charge is 0.141 e. The third-order valence-electron chi connectivity index (χ3n) is 4.33. The van der Waals surface area contributed by atoms with Crippen molar-refractivity contribution in [1.29, 1.82) is 0 Å². The predicted molar refractivity (Wildman–Crippen MR) is 116 cm³/mol. The number of nitrogens with two attached hydrogens (primary N) is 1. The number of hydrogen-bond acceptors (Lipinski definition) is 4. The highest BCUT2D eigenvalue weighted by Crippen LogP contribution is 2.31. The normalized spacial score (nSPS) is 14.0. The minimum Gasteiger partial charge on any atom is -0.383 e. The third-order valence-corrected chi connectivity index (χ3v) is 5.23. The molecule has 0 unspecified atom stereocenters. The first-order valence-corrected chi connectivity index (χ1v) is 10.4. The van der Waals surface area contributed by atoms with Crippen LogP contribution in [0.1, 0.15) is 37.1 Å². The van der Waals surface area contributed by atoms with Crippen molar-refractivity contribution in [3.8, 4) is 0 Å². The maximum atomic E-state index is 6.11. The molecule has 0 spiro atoms. The van der Waals surface area contributed by atoms with Crippen LogP contribution in [0.4, 0.5) is 11.4 Å². The molecule has 5 heteroatoms. The summed E-state index contributed by atoms with van der Waals surface area (Å²) >= 11 is 1.62. The van der Waals surface area contributed by atoms with Crippen molar-refractivity contribution >= 4 is 28.5 Å². The fourth-order valence-corrected chi connectivity index (χ4v) is 3.79. The van der Waals surface area contributed by atoms with Gasteiger partial charge in [-0.15, -0.1) is 11.3 Å². The molecule has 1 aromatic carbocycles. The SMILES string of the molecule is CC.CN(C)CCCN1CCCc2cc(N=C(N)c3cccs3)ccc21. The summed E-state index contributed by atoms with van der Waals surface area (Å²) in [5.41, 5.74) is 9.83. The first-order valence-electron chi connectivity index (χ1n) is 9.54. The number of aliphatic imine (C=N–C) groups is 1. The van der Waals surface area contributed by atoms with E-state index in [0.29, 0.717) is 5.84 Å². The molecule has 0 radical (unpaired) electrons. The first kappa shape index (κ1) is 20.5. The van der Waals surface area contributed by atoms with Crippen molar-refractivity contribution in [1.82, 2.24) is 4.90 Å². The maximum absolute atomic E-state index is 6.11. The van der Waals surface area contributed by atoms with Crippen LogP contribution in [-0.4, -0.2) is 44.5 Å². The van der Waals surface area contributed by atoms with Crippen LogP contribution < -0.4 is 10.6 Å². The van der Waals surface area contributed by atoms with Gasteiger partial charge >= 0.3 is 0 Å². The molecule has 2 aromatic rings. The van der Waals surface area contributed by atoms with E-state index >= 15 is 0 Å². The van der Waals surface area contributed by atoms with Crippen molar-refractivity contribution in [3.63, 3.8) is 0 Å². The van der Waals surface area contributed by atoms with Gasteiger partial charge in [0.05, 0.1) is 10.6 Å². The Morgan fingerprint density at radius 3 is 2.77 bits per heavy atom. The fourth-order valence-electron chi connectivity index (χ4n) is 3.16. The lowest BCUT2D eigenvalue weighted by Gasteiger charge is -2.32. The van der Waals surface area contributed by atoms with Gasteiger partial charge in [0.15, 0.2) is 0 Å². The Morgan fingerprint density at radius 1 is 1.27 bits per heavy atom. The molecule has 26 heavy (non-hydrogen) atoms. The molecule has 0 amide bonds. The Morgan fingerprint density at radius 2 is 2.08 bits per heavy atom. The topological polar surface area (TPSA) is 44.9 Å². The van der Waals surface area contributed by atoms with Gasteiger partial charge in [-0.3, -0.25) is 0 Å². The van der Waals surface area contributed by atoms with Gasteiger partial charge < -0.3 is 15.5 Å². The first-order chi connectivity index (χ1) is 12.6. The van der Waals surface area contributed by atoms with E-state index in [0.717, 1.165) is 36.6 Å². The monoisotopic (exact) mass is 372 g/mol. The van der Waals surface area contributed by atoms with Gasteiger partial charge in [0.25, 0.3) is 0 Å². The average Bonchev–Trinajstić information content (AvgIpc) is 3.18. The molecule has 0 fully saturated rings. The maximum Gasteiger partial charge on any atom is 0.141 e. The summed E-state index contributed by atoms with van der Waals surface area (Å²) < 4.78 is 0. The van der Waals surface area contributed by atoms with E-state index in [1.54, 1.807) is 11.3 Å². The second-order valence-corrected chi connectivity index (χ2v) is 7.48. The standard InChI is InChI=1S/C19H26N4S.C2H6/c1-22(2)10-5-12-23-11-3-6-15-14-16(8-9-17(15)23)21-19(20)18-7-4-13-24-18;1-2/h4,7-9,13-14H,3,5-6,10-12H2,1-2H3,(H2,20,21);1-2H3. The van der Waals surface area contributed by atoms with Gasteiger partial charge in [0.2, 0.25) is 0 Å². The van der Waals surface area contributed by atoms with Crippen molar-refractivity contribution in [2.75, 3.05) is 38.6 Å². The molecule has 2 heterocycles. The van der Waals surface area contributed by atoms with Gasteiger partial charge in [-0.25, -0.2) is 4.99 Å². The van der Waals surface area contributed by atoms with Crippen LogP contribution in [0, 0.1) is 0 Å². The van der Waals surface area contributed by atoms with Crippen LogP contribution in [0.15, 0.2) is 40.7 Å². The molecule has 0 saturated heterocycles. The number of nitrogens with zero attached hydrogens (tertiary/aromatic N) is 3. The molecule has 1 aliphatic heterocycles. The minimum atomic E-state index is 0.601. The Bertz CT molecular complexity index is 692. The van der Waals surface area contributed by atoms with Crippen molar-refractivity contribution < 1.29 is 0 Å². The van der Waals surface area contributed by atoms with E-state index < -0.39 is 0 Å². The Hall–Kier alpha value is -1.85. The zero-order chi connectivity index (χ0) is 18.9. The molecular weight excluding hydrogens is 340 g/mol. The van der Waals surface area contributed by atoms with Crippen LogP contribution in [0.3, 0.4) is 0 Å². The zero-order valence-corrected chi connectivity index (χ0v) is 17.4. The zero-order valence-electron chi connectivity index (χ0n) is 16.5. The summed E-state index contributed by atoms with van der Waals surface area (Å²) in [7, 11) is 4.26. The second kappa shape index (κ2) is 10.3. The molecular formula is C21H32N4S. The van der Waals surface area contributed by atoms with Crippen LogP contribution in [0.2, 0.25) is 0 Å². The summed E-state index contributed by atoms with van der Waals surface area (Å²) in [5, 5.41) is 2.02. The van der Waals surface area contributed by atoms with Crippen LogP contribution in [0.25, 0.3) is 0 Å². The highest BCUT2D eigenvalue weighted by molar-refractivity contribution is 7.12. The van der Waals surface area contributed by atoms with Gasteiger partial charge in [-0.2, -0.15) is 0 Å². The molecule has 3 rings (SSSR count). The van der Waals surface area contributed by atoms with E-state index in [-0.39, 0.29) is 0 Å². The number of hydrogen-bond donors (Lipinski definition) is 1. The molecule has 142 valence electrons. The largest absolute Gasteiger partial charge is 0.383 e. The minimum absolute atomic E-state index is 0.601. The summed E-state index contributed by atoms with van der Waals surface area (Å²) in [4.78, 5) is 10.4.